The summed E-state index contributed by atoms with van der Waals surface area (Å²) in [7, 11) is -1.80. The van der Waals surface area contributed by atoms with E-state index < -0.39 is 8.07 Å². The Bertz CT molecular complexity index is 3170. The zero-order valence-corrected chi connectivity index (χ0v) is 42.6. The molecule has 0 radical (unpaired) electrons. The zero-order chi connectivity index (χ0) is 46.6. The van der Waals surface area contributed by atoms with Crippen LogP contribution in [0.1, 0.15) is 114 Å². The molecular formula is C63H66BN3Si. The van der Waals surface area contributed by atoms with Gasteiger partial charge in [0.2, 0.25) is 0 Å². The van der Waals surface area contributed by atoms with E-state index in [1.165, 1.54) is 104 Å². The minimum atomic E-state index is -1.80. The van der Waals surface area contributed by atoms with Gasteiger partial charge in [0, 0.05) is 50.6 Å². The van der Waals surface area contributed by atoms with Crippen molar-refractivity contribution in [2.45, 2.75) is 133 Å². The van der Waals surface area contributed by atoms with Crippen molar-refractivity contribution in [3.05, 3.63) is 186 Å². The van der Waals surface area contributed by atoms with Crippen LogP contribution in [0, 0.1) is 0 Å². The van der Waals surface area contributed by atoms with Crippen LogP contribution in [-0.4, -0.2) is 25.9 Å². The smallest absolute Gasteiger partial charge is 0.252 e. The highest BCUT2D eigenvalue weighted by atomic mass is 28.3. The molecule has 6 aliphatic rings. The van der Waals surface area contributed by atoms with Crippen LogP contribution in [0.3, 0.4) is 0 Å². The number of benzene rings is 7. The molecule has 2 fully saturated rings. The van der Waals surface area contributed by atoms with Gasteiger partial charge in [0.05, 0.1) is 19.2 Å². The lowest BCUT2D eigenvalue weighted by molar-refractivity contribution is 0.214. The standard InChI is InChI=1S/C63H66BN3Si/c1-59(2,3)45-32-33-53-49(38-45)62(43-24-12-9-13-25-43)36-22-20-34-60(62,4)66(53)47-39-55-57-56(40-47)67-58-50(63(44-26-14-10-15-27-44)37-23-21-35-61(63,67)5)41-48(68(6,7)8)42-52(58)64(57)51-30-18-19-31-54(51)65(55)46-28-16-11-17-29-46/h9-19,24-33,38-42H,20-23,34-37H2,1-8H3. The van der Waals surface area contributed by atoms with Crippen molar-refractivity contribution in [1.29, 1.82) is 0 Å². The van der Waals surface area contributed by atoms with E-state index in [4.69, 9.17) is 0 Å². The van der Waals surface area contributed by atoms with Crippen LogP contribution in [0.2, 0.25) is 19.6 Å². The minimum Gasteiger partial charge on any atom is -0.335 e. The summed E-state index contributed by atoms with van der Waals surface area (Å²) < 4.78 is 0. The topological polar surface area (TPSA) is 9.72 Å². The SMILES string of the molecule is CC(C)(C)c1ccc2c(c1)C1(c3ccccc3)CCCCC1(C)N2c1cc2c3c(c1)N1c4c(cc([Si](C)(C)C)cc4C4(c5ccccc5)CCCCC14C)B3c1ccccc1N2c1ccccc1. The molecule has 4 unspecified atom stereocenters. The van der Waals surface area contributed by atoms with Gasteiger partial charge >= 0.3 is 0 Å². The first kappa shape index (κ1) is 42.3. The number of hydrogen-bond donors (Lipinski definition) is 0. The first-order chi connectivity index (χ1) is 32.7. The maximum Gasteiger partial charge on any atom is 0.252 e. The van der Waals surface area contributed by atoms with E-state index in [0.717, 1.165) is 25.7 Å². The predicted octanol–water partition coefficient (Wildman–Crippen LogP) is 13.7. The van der Waals surface area contributed by atoms with Gasteiger partial charge in [-0.25, -0.2) is 0 Å². The molecule has 5 heteroatoms. The fourth-order valence-corrected chi connectivity index (χ4v) is 16.5. The van der Waals surface area contributed by atoms with Gasteiger partial charge in [-0.15, -0.1) is 0 Å². The Morgan fingerprint density at radius 3 is 1.68 bits per heavy atom. The first-order valence-corrected chi connectivity index (χ1v) is 29.4. The minimum absolute atomic E-state index is 0.0247. The van der Waals surface area contributed by atoms with Crippen molar-refractivity contribution in [3.8, 4) is 0 Å². The maximum atomic E-state index is 2.97. The van der Waals surface area contributed by atoms with Crippen LogP contribution >= 0.6 is 0 Å². The molecule has 7 aromatic rings. The van der Waals surface area contributed by atoms with Crippen LogP contribution in [0.4, 0.5) is 39.8 Å². The van der Waals surface area contributed by atoms with Gasteiger partial charge in [0.1, 0.15) is 0 Å². The van der Waals surface area contributed by atoms with Crippen molar-refractivity contribution >= 4 is 76.2 Å². The zero-order valence-electron chi connectivity index (χ0n) is 41.6. The van der Waals surface area contributed by atoms with Crippen LogP contribution < -0.4 is 36.3 Å². The van der Waals surface area contributed by atoms with Gasteiger partial charge < -0.3 is 14.7 Å². The summed E-state index contributed by atoms with van der Waals surface area (Å²) in [6.45, 7) is 20.2. The van der Waals surface area contributed by atoms with E-state index in [-0.39, 0.29) is 34.0 Å². The lowest BCUT2D eigenvalue weighted by Crippen LogP contribution is -2.65. The van der Waals surface area contributed by atoms with Gasteiger partial charge in [0.25, 0.3) is 6.71 Å². The summed E-state index contributed by atoms with van der Waals surface area (Å²) in [5.41, 5.74) is 20.5. The highest BCUT2D eigenvalue weighted by Crippen LogP contribution is 2.67. The van der Waals surface area contributed by atoms with E-state index in [0.29, 0.717) is 0 Å². The van der Waals surface area contributed by atoms with E-state index >= 15 is 0 Å². The molecule has 3 nitrogen and oxygen atoms in total. The molecular weight excluding hydrogens is 838 g/mol. The molecule has 0 aromatic heterocycles. The Labute approximate surface area is 407 Å². The summed E-state index contributed by atoms with van der Waals surface area (Å²) >= 11 is 0. The molecule has 0 bridgehead atoms. The van der Waals surface area contributed by atoms with Gasteiger partial charge in [-0.3, -0.25) is 0 Å². The molecule has 340 valence electrons. The molecule has 4 heterocycles. The number of nitrogens with zero attached hydrogens (tertiary/aromatic N) is 3. The van der Waals surface area contributed by atoms with Crippen molar-refractivity contribution in [3.63, 3.8) is 0 Å². The molecule has 13 rings (SSSR count). The molecule has 0 saturated heterocycles. The molecule has 0 spiro atoms. The summed E-state index contributed by atoms with van der Waals surface area (Å²) in [6.07, 6.45) is 9.43. The van der Waals surface area contributed by atoms with E-state index in [2.05, 4.69) is 227 Å². The number of para-hydroxylation sites is 2. The van der Waals surface area contributed by atoms with Crippen molar-refractivity contribution in [1.82, 2.24) is 0 Å². The largest absolute Gasteiger partial charge is 0.335 e. The third-order valence-electron chi connectivity index (χ3n) is 18.5. The summed E-state index contributed by atoms with van der Waals surface area (Å²) in [6, 6.07) is 62.5. The van der Waals surface area contributed by atoms with E-state index in [1.54, 1.807) is 10.8 Å². The van der Waals surface area contributed by atoms with Gasteiger partial charge in [-0.05, 0) is 126 Å². The van der Waals surface area contributed by atoms with Gasteiger partial charge in [-0.1, -0.05) is 193 Å². The first-order valence-electron chi connectivity index (χ1n) is 25.9. The Morgan fingerprint density at radius 1 is 0.485 bits per heavy atom. The van der Waals surface area contributed by atoms with Crippen LogP contribution in [0.25, 0.3) is 0 Å². The Kier molecular flexibility index (Phi) is 8.96. The molecule has 4 atom stereocenters. The van der Waals surface area contributed by atoms with Gasteiger partial charge in [-0.2, -0.15) is 0 Å². The van der Waals surface area contributed by atoms with E-state index in [9.17, 15) is 0 Å². The molecule has 2 aliphatic carbocycles. The quantitative estimate of drug-likeness (QED) is 0.159. The summed E-state index contributed by atoms with van der Waals surface area (Å²) in [4.78, 5) is 8.49. The summed E-state index contributed by atoms with van der Waals surface area (Å²) in [5.74, 6) is 0. The Balaban J connectivity index is 1.17. The molecule has 7 aromatic carbocycles. The second-order valence-corrected chi connectivity index (χ2v) is 29.0. The molecule has 68 heavy (non-hydrogen) atoms. The molecule has 2 saturated carbocycles. The average Bonchev–Trinajstić information content (AvgIpc) is 3.73. The Morgan fingerprint density at radius 2 is 1.04 bits per heavy atom. The number of fused-ring (bicyclic) bond motifs is 10. The maximum absolute atomic E-state index is 2.97. The van der Waals surface area contributed by atoms with Crippen LogP contribution in [-0.2, 0) is 16.2 Å². The van der Waals surface area contributed by atoms with Crippen molar-refractivity contribution < 1.29 is 0 Å². The lowest BCUT2D eigenvalue weighted by Gasteiger charge is -2.55. The fourth-order valence-electron chi connectivity index (χ4n) is 15.4. The second-order valence-electron chi connectivity index (χ2n) is 23.9. The Hall–Kier alpha value is -5.78. The lowest BCUT2D eigenvalue weighted by atomic mass is 9.33. The monoisotopic (exact) mass is 904 g/mol. The number of anilines is 7. The van der Waals surface area contributed by atoms with E-state index in [1.807, 2.05) is 0 Å². The second kappa shape index (κ2) is 14.4. The highest BCUT2D eigenvalue weighted by Gasteiger charge is 2.65. The molecule has 0 N–H and O–H groups in total. The third kappa shape index (κ3) is 5.38. The highest BCUT2D eigenvalue weighted by molar-refractivity contribution is 7.01. The van der Waals surface area contributed by atoms with Gasteiger partial charge in [0.15, 0.2) is 0 Å². The molecule has 0 amide bonds. The number of rotatable bonds is 5. The van der Waals surface area contributed by atoms with Crippen LogP contribution in [0.5, 0.6) is 0 Å². The fraction of sp³-hybridized carbons (Fsp3) is 0.333. The van der Waals surface area contributed by atoms with Crippen molar-refractivity contribution in [2.75, 3.05) is 14.7 Å². The molecule has 4 aliphatic heterocycles. The average molecular weight is 904 g/mol. The third-order valence-corrected chi connectivity index (χ3v) is 20.5. The summed E-state index contributed by atoms with van der Waals surface area (Å²) in [5, 5.41) is 1.58. The van der Waals surface area contributed by atoms with Crippen molar-refractivity contribution in [2.24, 2.45) is 0 Å². The van der Waals surface area contributed by atoms with Crippen LogP contribution in [0.15, 0.2) is 158 Å². The number of hydrogen-bond acceptors (Lipinski definition) is 3. The predicted molar refractivity (Wildman–Crippen MR) is 293 cm³/mol. The normalized spacial score (nSPS) is 25.3.